The largest absolute Gasteiger partial charge is 0.493 e. The number of methoxy groups -OCH3 is 2. The summed E-state index contributed by atoms with van der Waals surface area (Å²) in [6.07, 6.45) is 0. The van der Waals surface area contributed by atoms with E-state index in [1.807, 2.05) is 0 Å². The fourth-order valence-electron chi connectivity index (χ4n) is 4.31. The fraction of sp³-hybridized carbons (Fsp3) is 0.286. The van der Waals surface area contributed by atoms with Gasteiger partial charge in [-0.2, -0.15) is 0 Å². The molecule has 0 aliphatic carbocycles. The fourth-order valence-corrected chi connectivity index (χ4v) is 4.31. The number of aliphatic carboxylic acids is 1. The first-order valence-electron chi connectivity index (χ1n) is 9.12. The Morgan fingerprint density at radius 3 is 2.28 bits per heavy atom. The van der Waals surface area contributed by atoms with Crippen LogP contribution in [-0.2, 0) is 14.4 Å². The monoisotopic (exact) mass is 396 g/mol. The van der Waals surface area contributed by atoms with Gasteiger partial charge < -0.3 is 14.6 Å². The summed E-state index contributed by atoms with van der Waals surface area (Å²) in [4.78, 5) is 39.4. The quantitative estimate of drug-likeness (QED) is 0.740. The molecule has 2 heterocycles. The third kappa shape index (κ3) is 2.84. The number of rotatable bonds is 5. The summed E-state index contributed by atoms with van der Waals surface area (Å²) in [5.74, 6) is -3.16. The van der Waals surface area contributed by atoms with Crippen molar-refractivity contribution in [2.75, 3.05) is 19.1 Å². The van der Waals surface area contributed by atoms with Crippen molar-refractivity contribution < 1.29 is 29.0 Å². The molecule has 0 unspecified atom stereocenters. The Morgan fingerprint density at radius 1 is 0.966 bits per heavy atom. The number of imide groups is 1. The van der Waals surface area contributed by atoms with Crippen molar-refractivity contribution in [2.24, 2.45) is 11.8 Å². The lowest BCUT2D eigenvalue weighted by molar-refractivity contribution is -0.142. The van der Waals surface area contributed by atoms with Crippen LogP contribution in [0.2, 0.25) is 0 Å². The van der Waals surface area contributed by atoms with Crippen LogP contribution in [0, 0.1) is 11.8 Å². The number of amides is 2. The zero-order chi connectivity index (χ0) is 20.7. The molecular weight excluding hydrogens is 376 g/mol. The van der Waals surface area contributed by atoms with E-state index in [2.05, 4.69) is 5.32 Å². The van der Waals surface area contributed by atoms with Crippen LogP contribution in [0.5, 0.6) is 11.5 Å². The van der Waals surface area contributed by atoms with Gasteiger partial charge in [0.15, 0.2) is 11.5 Å². The molecule has 2 N–H and O–H groups in total. The summed E-state index contributed by atoms with van der Waals surface area (Å²) in [7, 11) is 2.97. The van der Waals surface area contributed by atoms with Gasteiger partial charge in [0.2, 0.25) is 11.8 Å². The number of para-hydroxylation sites is 2. The smallest absolute Gasteiger partial charge is 0.321 e. The Hall–Kier alpha value is -3.39. The van der Waals surface area contributed by atoms with Gasteiger partial charge in [-0.15, -0.1) is 0 Å². The normalized spacial score (nSPS) is 25.8. The Bertz CT molecular complexity index is 976. The number of carbonyl (C=O) groups is 3. The highest BCUT2D eigenvalue weighted by Crippen LogP contribution is 2.48. The molecule has 4 rings (SSSR count). The first-order valence-corrected chi connectivity index (χ1v) is 9.12. The lowest BCUT2D eigenvalue weighted by atomic mass is 9.86. The van der Waals surface area contributed by atoms with Crippen LogP contribution in [0.25, 0.3) is 0 Å². The summed E-state index contributed by atoms with van der Waals surface area (Å²) >= 11 is 0. The van der Waals surface area contributed by atoms with Crippen LogP contribution >= 0.6 is 0 Å². The zero-order valence-corrected chi connectivity index (χ0v) is 15.9. The van der Waals surface area contributed by atoms with Gasteiger partial charge in [-0.1, -0.05) is 30.3 Å². The number of nitrogens with one attached hydrogen (secondary N) is 1. The first kappa shape index (κ1) is 18.9. The van der Waals surface area contributed by atoms with Gasteiger partial charge in [0.25, 0.3) is 0 Å². The van der Waals surface area contributed by atoms with Crippen LogP contribution in [0.15, 0.2) is 48.5 Å². The van der Waals surface area contributed by atoms with E-state index in [9.17, 15) is 19.5 Å². The second kappa shape index (κ2) is 7.21. The highest BCUT2D eigenvalue weighted by molar-refractivity contribution is 6.23. The zero-order valence-electron chi connectivity index (χ0n) is 15.9. The van der Waals surface area contributed by atoms with E-state index < -0.39 is 41.7 Å². The Morgan fingerprint density at radius 2 is 1.66 bits per heavy atom. The molecule has 8 heteroatoms. The van der Waals surface area contributed by atoms with E-state index >= 15 is 0 Å². The van der Waals surface area contributed by atoms with Crippen LogP contribution in [0.4, 0.5) is 5.69 Å². The van der Waals surface area contributed by atoms with E-state index in [1.165, 1.54) is 14.2 Å². The summed E-state index contributed by atoms with van der Waals surface area (Å²) in [6.45, 7) is 0. The van der Waals surface area contributed by atoms with Crippen molar-refractivity contribution in [1.82, 2.24) is 5.32 Å². The van der Waals surface area contributed by atoms with Gasteiger partial charge in [0, 0.05) is 11.6 Å². The number of carbonyl (C=O) groups excluding carboxylic acids is 2. The third-order valence-electron chi connectivity index (χ3n) is 5.52. The minimum Gasteiger partial charge on any atom is -0.493 e. The molecule has 8 nitrogen and oxygen atoms in total. The second-order valence-electron chi connectivity index (χ2n) is 6.94. The minimum absolute atomic E-state index is 0.399. The van der Waals surface area contributed by atoms with Crippen molar-refractivity contribution in [3.05, 3.63) is 54.1 Å². The Balaban J connectivity index is 1.82. The van der Waals surface area contributed by atoms with Crippen LogP contribution in [-0.4, -0.2) is 43.2 Å². The second-order valence-corrected chi connectivity index (χ2v) is 6.94. The lowest BCUT2D eigenvalue weighted by Crippen LogP contribution is -2.43. The van der Waals surface area contributed by atoms with E-state index in [1.54, 1.807) is 48.5 Å². The van der Waals surface area contributed by atoms with E-state index in [0.29, 0.717) is 22.7 Å². The topological polar surface area (TPSA) is 105 Å². The number of ether oxygens (including phenoxy) is 2. The summed E-state index contributed by atoms with van der Waals surface area (Å²) < 4.78 is 10.8. The standard InChI is InChI=1S/C21H20N2O6/c1-28-13-10-6-9-12(18(13)29-2)16-14-15(17(22-16)21(26)27)20(25)23(19(14)24)11-7-4-3-5-8-11/h3-10,14-17,22H,1-2H3,(H,26,27)/t14-,15+,16+,17+/m1/s1. The first-order chi connectivity index (χ1) is 14.0. The number of hydrogen-bond donors (Lipinski definition) is 2. The number of anilines is 1. The molecule has 2 aliphatic rings. The molecule has 0 saturated carbocycles. The molecule has 2 saturated heterocycles. The molecule has 2 aromatic rings. The molecular formula is C21H20N2O6. The van der Waals surface area contributed by atoms with Crippen molar-refractivity contribution in [3.8, 4) is 11.5 Å². The molecule has 0 radical (unpaired) electrons. The number of hydrogen-bond acceptors (Lipinski definition) is 6. The van der Waals surface area contributed by atoms with Gasteiger partial charge >= 0.3 is 5.97 Å². The molecule has 0 bridgehead atoms. The number of benzene rings is 2. The maximum Gasteiger partial charge on any atom is 0.321 e. The van der Waals surface area contributed by atoms with Gasteiger partial charge in [0.1, 0.15) is 6.04 Å². The SMILES string of the molecule is COc1cccc([C@@H]2N[C@H](C(=O)O)[C@H]3C(=O)N(c4ccccc4)C(=O)[C@H]32)c1OC. The predicted molar refractivity (Wildman–Crippen MR) is 103 cm³/mol. The van der Waals surface area contributed by atoms with Gasteiger partial charge in [-0.05, 0) is 18.2 Å². The molecule has 2 fully saturated rings. The van der Waals surface area contributed by atoms with Crippen LogP contribution in [0.1, 0.15) is 11.6 Å². The van der Waals surface area contributed by atoms with Crippen molar-refractivity contribution in [1.29, 1.82) is 0 Å². The molecule has 4 atom stereocenters. The van der Waals surface area contributed by atoms with E-state index in [4.69, 9.17) is 9.47 Å². The molecule has 2 amide bonds. The van der Waals surface area contributed by atoms with Crippen LogP contribution in [0.3, 0.4) is 0 Å². The average Bonchev–Trinajstić information content (AvgIpc) is 3.25. The van der Waals surface area contributed by atoms with Gasteiger partial charge in [-0.25, -0.2) is 4.90 Å². The van der Waals surface area contributed by atoms with Crippen molar-refractivity contribution in [3.63, 3.8) is 0 Å². The summed E-state index contributed by atoms with van der Waals surface area (Å²) in [6, 6.07) is 11.8. The highest BCUT2D eigenvalue weighted by atomic mass is 16.5. The maximum absolute atomic E-state index is 13.3. The summed E-state index contributed by atoms with van der Waals surface area (Å²) in [5, 5.41) is 12.7. The van der Waals surface area contributed by atoms with E-state index in [-0.39, 0.29) is 0 Å². The van der Waals surface area contributed by atoms with Crippen LogP contribution < -0.4 is 19.7 Å². The average molecular weight is 396 g/mol. The molecule has 150 valence electrons. The van der Waals surface area contributed by atoms with Crippen molar-refractivity contribution in [2.45, 2.75) is 12.1 Å². The predicted octanol–water partition coefficient (Wildman–Crippen LogP) is 1.61. The molecule has 0 spiro atoms. The minimum atomic E-state index is -1.19. The number of carboxylic acid groups (broad SMARTS) is 1. The Kier molecular flexibility index (Phi) is 4.71. The summed E-state index contributed by atoms with van der Waals surface area (Å²) in [5.41, 5.74) is 0.999. The number of fused-ring (bicyclic) bond motifs is 1. The number of nitrogens with zero attached hydrogens (tertiary/aromatic N) is 1. The Labute approximate surface area is 167 Å². The third-order valence-corrected chi connectivity index (χ3v) is 5.52. The molecule has 2 aliphatic heterocycles. The van der Waals surface area contributed by atoms with Gasteiger partial charge in [-0.3, -0.25) is 19.7 Å². The number of carboxylic acids is 1. The van der Waals surface area contributed by atoms with Gasteiger partial charge in [0.05, 0.1) is 31.7 Å². The molecule has 29 heavy (non-hydrogen) atoms. The highest BCUT2D eigenvalue weighted by Gasteiger charge is 2.61. The maximum atomic E-state index is 13.3. The van der Waals surface area contributed by atoms with Crippen molar-refractivity contribution >= 4 is 23.5 Å². The van der Waals surface area contributed by atoms with E-state index in [0.717, 1.165) is 4.90 Å². The molecule has 2 aromatic carbocycles. The molecule has 0 aromatic heterocycles. The lowest BCUT2D eigenvalue weighted by Gasteiger charge is -2.23.